The number of hydrogen-bond donors (Lipinski definition) is 1. The van der Waals surface area contributed by atoms with Crippen LogP contribution in [0.5, 0.6) is 0 Å². The van der Waals surface area contributed by atoms with Crippen LogP contribution in [-0.2, 0) is 0 Å². The average molecular weight is 325 g/mol. The molecule has 3 heterocycles. The van der Waals surface area contributed by atoms with Crippen LogP contribution in [0.4, 0.5) is 0 Å². The number of aromatic amines is 1. The third kappa shape index (κ3) is 2.55. The van der Waals surface area contributed by atoms with Gasteiger partial charge in [-0.05, 0) is 54.1 Å². The van der Waals surface area contributed by atoms with E-state index in [0.717, 1.165) is 47.3 Å². The molecule has 5 heteroatoms. The van der Waals surface area contributed by atoms with Crippen LogP contribution < -0.4 is 0 Å². The molecular formula is C18H19N3OS. The van der Waals surface area contributed by atoms with Gasteiger partial charge in [0.15, 0.2) is 0 Å². The molecule has 0 bridgehead atoms. The number of hydrogen-bond acceptors (Lipinski definition) is 3. The van der Waals surface area contributed by atoms with Crippen molar-refractivity contribution in [2.24, 2.45) is 0 Å². The van der Waals surface area contributed by atoms with Crippen LogP contribution in [0, 0.1) is 6.92 Å². The Bertz CT molecular complexity index is 843. The fourth-order valence-corrected chi connectivity index (χ4v) is 4.40. The number of amides is 1. The topological polar surface area (TPSA) is 49.0 Å². The summed E-state index contributed by atoms with van der Waals surface area (Å²) in [5.41, 5.74) is 3.30. The Morgan fingerprint density at radius 1 is 1.30 bits per heavy atom. The van der Waals surface area contributed by atoms with Gasteiger partial charge in [-0.1, -0.05) is 12.1 Å². The van der Waals surface area contributed by atoms with Crippen molar-refractivity contribution in [2.45, 2.75) is 25.7 Å². The molecule has 0 aliphatic carbocycles. The van der Waals surface area contributed by atoms with E-state index in [1.807, 2.05) is 23.2 Å². The zero-order valence-electron chi connectivity index (χ0n) is 13.1. The van der Waals surface area contributed by atoms with E-state index in [-0.39, 0.29) is 5.91 Å². The number of carbonyl (C=O) groups is 1. The smallest absolute Gasteiger partial charge is 0.255 e. The molecule has 1 fully saturated rings. The van der Waals surface area contributed by atoms with Crippen LogP contribution >= 0.6 is 11.3 Å². The van der Waals surface area contributed by atoms with Crippen LogP contribution in [-0.4, -0.2) is 34.1 Å². The zero-order chi connectivity index (χ0) is 15.8. The number of nitrogens with one attached hydrogen (secondary N) is 1. The van der Waals surface area contributed by atoms with Crippen molar-refractivity contribution in [3.05, 3.63) is 52.7 Å². The first-order valence-electron chi connectivity index (χ1n) is 7.99. The van der Waals surface area contributed by atoms with Gasteiger partial charge in [0.2, 0.25) is 0 Å². The number of aryl methyl sites for hydroxylation is 1. The van der Waals surface area contributed by atoms with E-state index in [2.05, 4.69) is 34.6 Å². The van der Waals surface area contributed by atoms with E-state index in [9.17, 15) is 4.79 Å². The first-order chi connectivity index (χ1) is 11.2. The van der Waals surface area contributed by atoms with Gasteiger partial charge >= 0.3 is 0 Å². The highest BCUT2D eigenvalue weighted by molar-refractivity contribution is 7.17. The normalized spacial score (nSPS) is 16.1. The van der Waals surface area contributed by atoms with Crippen LogP contribution in [0.3, 0.4) is 0 Å². The Morgan fingerprint density at radius 3 is 2.87 bits per heavy atom. The van der Waals surface area contributed by atoms with E-state index in [1.54, 1.807) is 11.3 Å². The fraction of sp³-hybridized carbons (Fsp3) is 0.333. The molecule has 118 valence electrons. The van der Waals surface area contributed by atoms with Crippen LogP contribution in [0.15, 0.2) is 35.8 Å². The highest BCUT2D eigenvalue weighted by Crippen LogP contribution is 2.31. The lowest BCUT2D eigenvalue weighted by atomic mass is 9.89. The first-order valence-corrected chi connectivity index (χ1v) is 8.87. The largest absolute Gasteiger partial charge is 0.339 e. The number of piperidine rings is 1. The molecule has 1 saturated heterocycles. The number of H-pyrrole nitrogens is 1. The standard InChI is InChI=1S/C18H19N3OS/c1-12-16(11-19-20-12)13-5-8-21(9-6-13)18(22)15-4-2-3-14-7-10-23-17(14)15/h2-4,7,10-11,13H,5-6,8-9H2,1H3,(H,19,20). The summed E-state index contributed by atoms with van der Waals surface area (Å²) in [6, 6.07) is 8.07. The van der Waals surface area contributed by atoms with Gasteiger partial charge in [-0.15, -0.1) is 11.3 Å². The SMILES string of the molecule is Cc1[nH]ncc1C1CCN(C(=O)c2cccc3ccsc23)CC1. The maximum atomic E-state index is 12.9. The molecule has 4 nitrogen and oxygen atoms in total. The van der Waals surface area contributed by atoms with Gasteiger partial charge < -0.3 is 4.90 Å². The number of rotatable bonds is 2. The minimum atomic E-state index is 0.167. The molecule has 0 atom stereocenters. The van der Waals surface area contributed by atoms with Crippen molar-refractivity contribution in [2.75, 3.05) is 13.1 Å². The second-order valence-electron chi connectivity index (χ2n) is 6.16. The molecule has 4 rings (SSSR count). The van der Waals surface area contributed by atoms with Gasteiger partial charge in [-0.25, -0.2) is 0 Å². The van der Waals surface area contributed by atoms with Gasteiger partial charge in [-0.2, -0.15) is 5.10 Å². The minimum absolute atomic E-state index is 0.167. The molecule has 0 saturated carbocycles. The van der Waals surface area contributed by atoms with Crippen molar-refractivity contribution in [1.82, 2.24) is 15.1 Å². The summed E-state index contributed by atoms with van der Waals surface area (Å²) < 4.78 is 1.10. The van der Waals surface area contributed by atoms with Crippen molar-refractivity contribution in [3.8, 4) is 0 Å². The molecule has 0 spiro atoms. The molecule has 0 radical (unpaired) electrons. The molecule has 1 aliphatic heterocycles. The van der Waals surface area contributed by atoms with Gasteiger partial charge in [0.05, 0.1) is 11.8 Å². The van der Waals surface area contributed by atoms with Crippen molar-refractivity contribution in [3.63, 3.8) is 0 Å². The molecule has 1 N–H and O–H groups in total. The molecule has 1 amide bonds. The lowest BCUT2D eigenvalue weighted by molar-refractivity contribution is 0.0715. The highest BCUT2D eigenvalue weighted by Gasteiger charge is 2.26. The number of fused-ring (bicyclic) bond motifs is 1. The Labute approximate surface area is 139 Å². The fourth-order valence-electron chi connectivity index (χ4n) is 3.50. The maximum Gasteiger partial charge on any atom is 0.255 e. The lowest BCUT2D eigenvalue weighted by Gasteiger charge is -2.32. The van der Waals surface area contributed by atoms with Crippen molar-refractivity contribution in [1.29, 1.82) is 0 Å². The summed E-state index contributed by atoms with van der Waals surface area (Å²) in [6.45, 7) is 3.70. The third-order valence-corrected chi connectivity index (χ3v) is 5.76. The number of thiophene rings is 1. The Kier molecular flexibility index (Phi) is 3.65. The molecule has 0 unspecified atom stereocenters. The van der Waals surface area contributed by atoms with Gasteiger partial charge in [0.1, 0.15) is 0 Å². The predicted molar refractivity (Wildman–Crippen MR) is 93.0 cm³/mol. The second kappa shape index (κ2) is 5.81. The summed E-state index contributed by atoms with van der Waals surface area (Å²) >= 11 is 1.65. The Morgan fingerprint density at radius 2 is 2.13 bits per heavy atom. The number of benzene rings is 1. The van der Waals surface area contributed by atoms with Crippen LogP contribution in [0.1, 0.15) is 40.4 Å². The number of aromatic nitrogens is 2. The van der Waals surface area contributed by atoms with E-state index >= 15 is 0 Å². The molecule has 3 aromatic rings. The monoisotopic (exact) mass is 325 g/mol. The number of nitrogens with zero attached hydrogens (tertiary/aromatic N) is 2. The number of carbonyl (C=O) groups excluding carboxylic acids is 1. The quantitative estimate of drug-likeness (QED) is 0.775. The van der Waals surface area contributed by atoms with Gasteiger partial charge in [0, 0.05) is 23.5 Å². The van der Waals surface area contributed by atoms with Crippen molar-refractivity contribution >= 4 is 27.3 Å². The number of likely N-dealkylation sites (tertiary alicyclic amines) is 1. The first kappa shape index (κ1) is 14.5. The average Bonchev–Trinajstić information content (AvgIpc) is 3.22. The highest BCUT2D eigenvalue weighted by atomic mass is 32.1. The van der Waals surface area contributed by atoms with E-state index in [0.29, 0.717) is 5.92 Å². The second-order valence-corrected chi connectivity index (χ2v) is 7.08. The zero-order valence-corrected chi connectivity index (χ0v) is 13.9. The minimum Gasteiger partial charge on any atom is -0.339 e. The Hall–Kier alpha value is -2.14. The summed E-state index contributed by atoms with van der Waals surface area (Å²) in [5.74, 6) is 0.677. The van der Waals surface area contributed by atoms with Crippen LogP contribution in [0.2, 0.25) is 0 Å². The van der Waals surface area contributed by atoms with E-state index < -0.39 is 0 Å². The maximum absolute atomic E-state index is 12.9. The van der Waals surface area contributed by atoms with E-state index in [4.69, 9.17) is 0 Å². The predicted octanol–water partition coefficient (Wildman–Crippen LogP) is 3.95. The summed E-state index contributed by atoms with van der Waals surface area (Å²) in [7, 11) is 0. The van der Waals surface area contributed by atoms with Crippen LogP contribution in [0.25, 0.3) is 10.1 Å². The van der Waals surface area contributed by atoms with Crippen molar-refractivity contribution < 1.29 is 4.79 Å². The molecular weight excluding hydrogens is 306 g/mol. The molecule has 1 aromatic carbocycles. The van der Waals surface area contributed by atoms with E-state index in [1.165, 1.54) is 5.56 Å². The Balaban J connectivity index is 1.51. The summed E-state index contributed by atoms with van der Waals surface area (Å²) in [4.78, 5) is 14.9. The molecule has 1 aliphatic rings. The molecule has 2 aromatic heterocycles. The van der Waals surface area contributed by atoms with Gasteiger partial charge in [0.25, 0.3) is 5.91 Å². The third-order valence-electron chi connectivity index (χ3n) is 4.80. The van der Waals surface area contributed by atoms with Gasteiger partial charge in [-0.3, -0.25) is 9.89 Å². The summed E-state index contributed by atoms with van der Waals surface area (Å²) in [5, 5.41) is 10.3. The summed E-state index contributed by atoms with van der Waals surface area (Å²) in [6.07, 6.45) is 3.95. The molecule has 23 heavy (non-hydrogen) atoms. The lowest BCUT2D eigenvalue weighted by Crippen LogP contribution is -2.38.